The molecule has 6 aliphatic rings. The van der Waals surface area contributed by atoms with E-state index in [4.69, 9.17) is 9.47 Å². The SMILES string of the molecule is CCCC(=O)C1C[C@@]23CC[C@]1(OC)[C@@H]1Oc4c(C)ccc5c4[C@@]12CCN(C)[C@@H]3C5. The van der Waals surface area contributed by atoms with Crippen molar-refractivity contribution >= 4 is 5.78 Å². The van der Waals surface area contributed by atoms with E-state index in [9.17, 15) is 4.79 Å². The quantitative estimate of drug-likeness (QED) is 0.777. The van der Waals surface area contributed by atoms with Gasteiger partial charge in [-0.2, -0.15) is 0 Å². The second-order valence-electron chi connectivity index (χ2n) is 10.5. The molecule has 2 spiro atoms. The Morgan fingerprint density at radius 2 is 2.14 bits per heavy atom. The number of likely N-dealkylation sites (tertiary alicyclic amines) is 1. The molecule has 1 saturated heterocycles. The van der Waals surface area contributed by atoms with E-state index in [1.807, 2.05) is 7.11 Å². The maximum Gasteiger partial charge on any atom is 0.139 e. The van der Waals surface area contributed by atoms with Crippen molar-refractivity contribution in [3.05, 3.63) is 28.8 Å². The topological polar surface area (TPSA) is 38.8 Å². The lowest BCUT2D eigenvalue weighted by Crippen LogP contribution is -2.81. The molecule has 0 N–H and O–H groups in total. The van der Waals surface area contributed by atoms with E-state index in [1.54, 1.807) is 0 Å². The van der Waals surface area contributed by atoms with Gasteiger partial charge in [0.2, 0.25) is 0 Å². The fourth-order valence-electron chi connectivity index (χ4n) is 8.62. The smallest absolute Gasteiger partial charge is 0.139 e. The summed E-state index contributed by atoms with van der Waals surface area (Å²) < 4.78 is 13.3. The molecule has 4 heteroatoms. The number of Topliss-reactive ketones (excluding diaryl/α,β-unsaturated/α-hetero) is 1. The molecular weight excluding hydrogens is 362 g/mol. The third-order valence-electron chi connectivity index (χ3n) is 9.73. The van der Waals surface area contributed by atoms with Crippen LogP contribution >= 0.6 is 0 Å². The minimum absolute atomic E-state index is 0.0103. The molecule has 4 nitrogen and oxygen atoms in total. The Hall–Kier alpha value is -1.39. The Balaban J connectivity index is 1.64. The second kappa shape index (κ2) is 5.64. The van der Waals surface area contributed by atoms with Gasteiger partial charge in [0.05, 0.1) is 5.92 Å². The standard InChI is InChI=1S/C25H33NO3/c1-5-6-18(27)17-14-23-9-10-25(17,28-4)22-24(23)11-12-26(3)19(23)13-16-8-7-15(2)21(29-22)20(16)24/h7-8,17,19,22H,5-6,9-14H2,1-4H3/t17?,19-,22-,23-,24+,25-/m1/s1. The zero-order chi connectivity index (χ0) is 20.2. The number of fused-ring (bicyclic) bond motifs is 2. The predicted octanol–water partition coefficient (Wildman–Crippen LogP) is 3.81. The molecule has 7 rings (SSSR count). The van der Waals surface area contributed by atoms with Crippen molar-refractivity contribution in [2.75, 3.05) is 20.7 Å². The molecule has 0 amide bonds. The summed E-state index contributed by atoms with van der Waals surface area (Å²) in [6.45, 7) is 5.39. The van der Waals surface area contributed by atoms with E-state index in [2.05, 4.69) is 37.9 Å². The van der Waals surface area contributed by atoms with E-state index >= 15 is 0 Å². The first-order valence-electron chi connectivity index (χ1n) is 11.5. The molecule has 6 atom stereocenters. The van der Waals surface area contributed by atoms with Crippen LogP contribution in [0.25, 0.3) is 0 Å². The summed E-state index contributed by atoms with van der Waals surface area (Å²) in [6, 6.07) is 5.08. The van der Waals surface area contributed by atoms with Crippen molar-refractivity contribution < 1.29 is 14.3 Å². The van der Waals surface area contributed by atoms with Gasteiger partial charge in [-0.15, -0.1) is 0 Å². The number of carbonyl (C=O) groups is 1. The average Bonchev–Trinajstić information content (AvgIpc) is 3.09. The van der Waals surface area contributed by atoms with Gasteiger partial charge in [0, 0.05) is 36.0 Å². The lowest BCUT2D eigenvalue weighted by atomic mass is 9.34. The van der Waals surface area contributed by atoms with Gasteiger partial charge < -0.3 is 14.4 Å². The number of piperidine rings is 1. The molecule has 2 aliphatic heterocycles. The highest BCUT2D eigenvalue weighted by Crippen LogP contribution is 2.76. The van der Waals surface area contributed by atoms with Crippen molar-refractivity contribution in [3.63, 3.8) is 0 Å². The summed E-state index contributed by atoms with van der Waals surface area (Å²) in [6.07, 6.45) is 6.82. The average molecular weight is 396 g/mol. The minimum atomic E-state index is -0.478. The minimum Gasteiger partial charge on any atom is -0.486 e. The molecule has 156 valence electrons. The number of hydrogen-bond donors (Lipinski definition) is 0. The summed E-state index contributed by atoms with van der Waals surface area (Å²) in [4.78, 5) is 16.0. The largest absolute Gasteiger partial charge is 0.486 e. The number of ether oxygens (including phenoxy) is 2. The number of nitrogens with zero attached hydrogens (tertiary/aromatic N) is 1. The number of carbonyl (C=O) groups excluding carboxylic acids is 1. The van der Waals surface area contributed by atoms with Crippen LogP contribution in [0.5, 0.6) is 5.75 Å². The van der Waals surface area contributed by atoms with Gasteiger partial charge in [0.15, 0.2) is 0 Å². The normalized spacial score (nSPS) is 43.8. The van der Waals surface area contributed by atoms with Crippen LogP contribution in [-0.2, 0) is 21.4 Å². The van der Waals surface area contributed by atoms with E-state index in [0.29, 0.717) is 18.2 Å². The fourth-order valence-corrected chi connectivity index (χ4v) is 8.62. The Bertz CT molecular complexity index is 912. The van der Waals surface area contributed by atoms with Crippen LogP contribution in [0.15, 0.2) is 12.1 Å². The Morgan fingerprint density at radius 1 is 1.31 bits per heavy atom. The van der Waals surface area contributed by atoms with Crippen molar-refractivity contribution in [2.45, 2.75) is 82.0 Å². The molecule has 4 fully saturated rings. The highest BCUT2D eigenvalue weighted by atomic mass is 16.6. The number of benzene rings is 1. The van der Waals surface area contributed by atoms with Crippen molar-refractivity contribution in [1.82, 2.24) is 4.90 Å². The van der Waals surface area contributed by atoms with Gasteiger partial charge in [0.25, 0.3) is 0 Å². The monoisotopic (exact) mass is 395 g/mol. The zero-order valence-electron chi connectivity index (χ0n) is 18.2. The van der Waals surface area contributed by atoms with Gasteiger partial charge >= 0.3 is 0 Å². The molecule has 1 aromatic carbocycles. The van der Waals surface area contributed by atoms with Crippen molar-refractivity contribution in [2.24, 2.45) is 11.3 Å². The van der Waals surface area contributed by atoms with E-state index in [-0.39, 0.29) is 22.9 Å². The summed E-state index contributed by atoms with van der Waals surface area (Å²) in [5, 5.41) is 0. The van der Waals surface area contributed by atoms with Crippen molar-refractivity contribution in [1.29, 1.82) is 0 Å². The molecule has 0 aromatic heterocycles. The molecule has 4 bridgehead atoms. The molecule has 2 heterocycles. The second-order valence-corrected chi connectivity index (χ2v) is 10.5. The van der Waals surface area contributed by atoms with Crippen LogP contribution in [0.2, 0.25) is 0 Å². The molecule has 0 radical (unpaired) electrons. The highest BCUT2D eigenvalue weighted by molar-refractivity contribution is 5.83. The number of ketones is 1. The van der Waals surface area contributed by atoms with Gasteiger partial charge in [-0.25, -0.2) is 0 Å². The summed E-state index contributed by atoms with van der Waals surface area (Å²) in [5.74, 6) is 1.47. The Kier molecular flexibility index (Phi) is 3.58. The van der Waals surface area contributed by atoms with Gasteiger partial charge in [0.1, 0.15) is 23.2 Å². The molecule has 1 unspecified atom stereocenters. The fraction of sp³-hybridized carbons (Fsp3) is 0.720. The lowest BCUT2D eigenvalue weighted by molar-refractivity contribution is -0.270. The summed E-state index contributed by atoms with van der Waals surface area (Å²) in [7, 11) is 4.13. The van der Waals surface area contributed by atoms with Gasteiger partial charge in [-0.05, 0) is 70.2 Å². The number of hydrogen-bond acceptors (Lipinski definition) is 4. The van der Waals surface area contributed by atoms with E-state index < -0.39 is 5.60 Å². The maximum absolute atomic E-state index is 13.4. The number of likely N-dealkylation sites (N-methyl/N-ethyl adjacent to an activating group) is 1. The third-order valence-corrected chi connectivity index (χ3v) is 9.73. The number of rotatable bonds is 4. The van der Waals surface area contributed by atoms with Gasteiger partial charge in [-0.3, -0.25) is 4.79 Å². The summed E-state index contributed by atoms with van der Waals surface area (Å²) in [5.41, 5.74) is 3.87. The number of aryl methyl sites for hydroxylation is 1. The molecule has 29 heavy (non-hydrogen) atoms. The first kappa shape index (κ1) is 18.4. The molecular formula is C25H33NO3. The van der Waals surface area contributed by atoms with Crippen molar-refractivity contribution in [3.8, 4) is 5.75 Å². The van der Waals surface area contributed by atoms with Crippen LogP contribution < -0.4 is 4.74 Å². The van der Waals surface area contributed by atoms with Crippen LogP contribution in [-0.4, -0.2) is 49.1 Å². The highest BCUT2D eigenvalue weighted by Gasteiger charge is 2.80. The molecule has 4 aliphatic carbocycles. The third kappa shape index (κ3) is 1.80. The van der Waals surface area contributed by atoms with Crippen LogP contribution in [0.4, 0.5) is 0 Å². The number of methoxy groups -OCH3 is 1. The maximum atomic E-state index is 13.4. The zero-order valence-corrected chi connectivity index (χ0v) is 18.2. The summed E-state index contributed by atoms with van der Waals surface area (Å²) >= 11 is 0. The first-order chi connectivity index (χ1) is 13.9. The first-order valence-corrected chi connectivity index (χ1v) is 11.5. The Morgan fingerprint density at radius 3 is 2.90 bits per heavy atom. The van der Waals surface area contributed by atoms with Crippen LogP contribution in [0.3, 0.4) is 0 Å². The van der Waals surface area contributed by atoms with Crippen LogP contribution in [0.1, 0.15) is 62.1 Å². The molecule has 1 aromatic rings. The lowest BCUT2D eigenvalue weighted by Gasteiger charge is -2.73. The van der Waals surface area contributed by atoms with Crippen LogP contribution in [0, 0.1) is 18.3 Å². The Labute approximate surface area is 173 Å². The van der Waals surface area contributed by atoms with E-state index in [0.717, 1.165) is 50.8 Å². The van der Waals surface area contributed by atoms with E-state index in [1.165, 1.54) is 16.7 Å². The molecule has 3 saturated carbocycles. The predicted molar refractivity (Wildman–Crippen MR) is 111 cm³/mol. The van der Waals surface area contributed by atoms with Gasteiger partial charge in [-0.1, -0.05) is 19.1 Å².